The molecule has 1 amide bonds. The highest BCUT2D eigenvalue weighted by Gasteiger charge is 2.43. The van der Waals surface area contributed by atoms with Crippen molar-refractivity contribution in [3.8, 4) is 5.75 Å². The van der Waals surface area contributed by atoms with Crippen molar-refractivity contribution in [3.63, 3.8) is 0 Å². The smallest absolute Gasteiger partial charge is 0.252 e. The molecule has 8 heteroatoms. The van der Waals surface area contributed by atoms with E-state index in [-0.39, 0.29) is 31.7 Å². The van der Waals surface area contributed by atoms with Gasteiger partial charge in [0.25, 0.3) is 5.91 Å². The third-order valence-corrected chi connectivity index (χ3v) is 4.79. The number of aliphatic hydroxyl groups is 1. The van der Waals surface area contributed by atoms with Gasteiger partial charge >= 0.3 is 0 Å². The third kappa shape index (κ3) is 5.46. The fourth-order valence-corrected chi connectivity index (χ4v) is 3.10. The molecule has 1 atom stereocenters. The van der Waals surface area contributed by atoms with Crippen LogP contribution in [-0.4, -0.2) is 42.3 Å². The first-order valence-corrected chi connectivity index (χ1v) is 9.87. The number of benzene rings is 2. The summed E-state index contributed by atoms with van der Waals surface area (Å²) in [7, 11) is 0. The maximum atomic E-state index is 13.9. The first-order valence-electron chi connectivity index (χ1n) is 9.87. The number of hydrogen-bond acceptors (Lipinski definition) is 5. The van der Waals surface area contributed by atoms with Gasteiger partial charge in [-0.15, -0.1) is 6.58 Å². The lowest BCUT2D eigenvalue weighted by Gasteiger charge is -2.21. The fourth-order valence-electron chi connectivity index (χ4n) is 3.10. The molecule has 6 nitrogen and oxygen atoms in total. The van der Waals surface area contributed by atoms with Crippen LogP contribution in [0.25, 0.3) is 0 Å². The maximum Gasteiger partial charge on any atom is 0.252 e. The van der Waals surface area contributed by atoms with Crippen LogP contribution in [0.1, 0.15) is 24.0 Å². The van der Waals surface area contributed by atoms with Crippen LogP contribution in [0.5, 0.6) is 5.75 Å². The van der Waals surface area contributed by atoms with Crippen LogP contribution in [0.2, 0.25) is 0 Å². The van der Waals surface area contributed by atoms with E-state index in [1.165, 1.54) is 6.07 Å². The molecule has 164 valence electrons. The van der Waals surface area contributed by atoms with Gasteiger partial charge in [-0.1, -0.05) is 12.1 Å². The number of aliphatic imine (C=N–C) groups is 1. The predicted octanol–water partition coefficient (Wildman–Crippen LogP) is 3.13. The summed E-state index contributed by atoms with van der Waals surface area (Å²) in [6.45, 7) is 4.08. The Bertz CT molecular complexity index is 963. The van der Waals surface area contributed by atoms with Gasteiger partial charge in [0, 0.05) is 43.2 Å². The molecule has 0 unspecified atom stereocenters. The zero-order valence-electron chi connectivity index (χ0n) is 16.9. The van der Waals surface area contributed by atoms with E-state index in [1.807, 2.05) is 0 Å². The molecule has 1 heterocycles. The molecular formula is C23H24F2N2O4. The van der Waals surface area contributed by atoms with Crippen LogP contribution in [0.3, 0.4) is 0 Å². The Morgan fingerprint density at radius 2 is 2.06 bits per heavy atom. The quantitative estimate of drug-likeness (QED) is 0.448. The minimum atomic E-state index is -1.22. The number of nitrogens with one attached hydrogen (secondary N) is 1. The highest BCUT2D eigenvalue weighted by Crippen LogP contribution is 2.27. The van der Waals surface area contributed by atoms with E-state index in [0.29, 0.717) is 30.2 Å². The number of carbonyl (C=O) groups excluding carboxylic acids is 1. The van der Waals surface area contributed by atoms with E-state index >= 15 is 0 Å². The summed E-state index contributed by atoms with van der Waals surface area (Å²) in [5.74, 6) is -0.889. The monoisotopic (exact) mass is 430 g/mol. The van der Waals surface area contributed by atoms with Gasteiger partial charge < -0.3 is 19.9 Å². The van der Waals surface area contributed by atoms with Gasteiger partial charge in [0.2, 0.25) is 5.90 Å². The molecular weight excluding hydrogens is 406 g/mol. The number of amides is 1. The molecule has 0 radical (unpaired) electrons. The van der Waals surface area contributed by atoms with Crippen molar-refractivity contribution in [2.75, 3.05) is 19.8 Å². The minimum Gasteiger partial charge on any atom is -0.494 e. The van der Waals surface area contributed by atoms with E-state index in [9.17, 15) is 13.6 Å². The van der Waals surface area contributed by atoms with Crippen LogP contribution >= 0.6 is 0 Å². The average molecular weight is 430 g/mol. The molecule has 3 rings (SSSR count). The fraction of sp³-hybridized carbons (Fsp3) is 0.304. The highest BCUT2D eigenvalue weighted by molar-refractivity contribution is 6.00. The van der Waals surface area contributed by atoms with Crippen molar-refractivity contribution in [2.45, 2.75) is 24.9 Å². The second-order valence-electron chi connectivity index (χ2n) is 7.10. The van der Waals surface area contributed by atoms with Gasteiger partial charge in [-0.05, 0) is 30.3 Å². The van der Waals surface area contributed by atoms with Crippen LogP contribution in [-0.2, 0) is 16.1 Å². The van der Waals surface area contributed by atoms with Gasteiger partial charge in [0.15, 0.2) is 5.54 Å². The number of nitrogens with zero attached hydrogens (tertiary/aromatic N) is 1. The second kappa shape index (κ2) is 10.2. The molecule has 0 aliphatic carbocycles. The number of ether oxygens (including phenoxy) is 2. The number of carbonyl (C=O) groups is 1. The van der Waals surface area contributed by atoms with Gasteiger partial charge in [0.05, 0.1) is 6.61 Å². The molecule has 0 saturated heterocycles. The lowest BCUT2D eigenvalue weighted by Crippen LogP contribution is -2.46. The first-order chi connectivity index (χ1) is 15.0. The van der Waals surface area contributed by atoms with Gasteiger partial charge in [-0.2, -0.15) is 0 Å². The summed E-state index contributed by atoms with van der Waals surface area (Å²) in [6.07, 6.45) is 2.35. The van der Waals surface area contributed by atoms with Crippen molar-refractivity contribution >= 4 is 11.8 Å². The van der Waals surface area contributed by atoms with E-state index in [1.54, 1.807) is 30.3 Å². The highest BCUT2D eigenvalue weighted by atomic mass is 19.1. The number of halogens is 2. The summed E-state index contributed by atoms with van der Waals surface area (Å²) in [5, 5.41) is 11.5. The Balaban J connectivity index is 1.71. The van der Waals surface area contributed by atoms with Gasteiger partial charge in [-0.25, -0.2) is 13.8 Å². The van der Waals surface area contributed by atoms with Crippen LogP contribution in [0.4, 0.5) is 8.78 Å². The van der Waals surface area contributed by atoms with E-state index < -0.39 is 23.1 Å². The molecule has 0 spiro atoms. The van der Waals surface area contributed by atoms with Crippen molar-refractivity contribution in [1.29, 1.82) is 0 Å². The standard InChI is InChI=1S/C23H24F2N2O4/c1-2-10-23(22(29)26-14-17-4-7-18(24)13-20(17)25)15-31-21(27-23)16-5-8-19(9-6-16)30-12-3-11-28/h2,4-9,13,28H,1,3,10-12,14-15H2,(H,26,29)/t23-/m1/s1. The number of hydrogen-bond donors (Lipinski definition) is 2. The summed E-state index contributed by atoms with van der Waals surface area (Å²) in [5.41, 5.74) is -0.370. The Labute approximate surface area is 179 Å². The van der Waals surface area contributed by atoms with Crippen molar-refractivity contribution in [3.05, 3.63) is 77.9 Å². The van der Waals surface area contributed by atoms with E-state index in [0.717, 1.165) is 12.1 Å². The summed E-state index contributed by atoms with van der Waals surface area (Å²) >= 11 is 0. The van der Waals surface area contributed by atoms with E-state index in [4.69, 9.17) is 14.6 Å². The Morgan fingerprint density at radius 3 is 2.74 bits per heavy atom. The molecule has 1 aliphatic heterocycles. The SMILES string of the molecule is C=CC[C@]1(C(=O)NCc2ccc(F)cc2F)COC(c2ccc(OCCCO)cc2)=N1. The summed E-state index contributed by atoms with van der Waals surface area (Å²) in [4.78, 5) is 17.4. The summed E-state index contributed by atoms with van der Waals surface area (Å²) < 4.78 is 38.1. The van der Waals surface area contributed by atoms with Crippen molar-refractivity contribution in [1.82, 2.24) is 5.32 Å². The van der Waals surface area contributed by atoms with Crippen molar-refractivity contribution < 1.29 is 28.2 Å². The molecule has 0 fully saturated rings. The summed E-state index contributed by atoms with van der Waals surface area (Å²) in [6, 6.07) is 10.2. The molecule has 0 aromatic heterocycles. The molecule has 0 bridgehead atoms. The topological polar surface area (TPSA) is 80.2 Å². The average Bonchev–Trinajstić information content (AvgIpc) is 3.19. The molecule has 0 saturated carbocycles. The lowest BCUT2D eigenvalue weighted by molar-refractivity contribution is -0.126. The zero-order chi connectivity index (χ0) is 22.3. The van der Waals surface area contributed by atoms with Gasteiger partial charge in [0.1, 0.15) is 24.0 Å². The minimum absolute atomic E-state index is 0.0147. The second-order valence-corrected chi connectivity index (χ2v) is 7.10. The molecule has 1 aliphatic rings. The molecule has 31 heavy (non-hydrogen) atoms. The lowest BCUT2D eigenvalue weighted by atomic mass is 9.96. The Hall–Kier alpha value is -3.26. The van der Waals surface area contributed by atoms with E-state index in [2.05, 4.69) is 16.9 Å². The number of rotatable bonds is 10. The normalized spacial score (nSPS) is 17.6. The van der Waals surface area contributed by atoms with Gasteiger partial charge in [-0.3, -0.25) is 4.79 Å². The van der Waals surface area contributed by atoms with Crippen LogP contribution < -0.4 is 10.1 Å². The Kier molecular flexibility index (Phi) is 7.36. The predicted molar refractivity (Wildman–Crippen MR) is 112 cm³/mol. The third-order valence-electron chi connectivity index (χ3n) is 4.79. The molecule has 2 aromatic rings. The number of aliphatic hydroxyl groups excluding tert-OH is 1. The molecule has 2 N–H and O–H groups in total. The first kappa shape index (κ1) is 22.4. The van der Waals surface area contributed by atoms with Crippen molar-refractivity contribution in [2.24, 2.45) is 4.99 Å². The van der Waals surface area contributed by atoms with Crippen LogP contribution in [0.15, 0.2) is 60.1 Å². The maximum absolute atomic E-state index is 13.9. The largest absolute Gasteiger partial charge is 0.494 e. The Morgan fingerprint density at radius 1 is 1.29 bits per heavy atom. The zero-order valence-corrected chi connectivity index (χ0v) is 16.9. The molecule has 2 aromatic carbocycles. The van der Waals surface area contributed by atoms with Crippen LogP contribution in [0, 0.1) is 11.6 Å².